The number of unbranched alkanes of at least 4 members (excludes halogenated alkanes) is 5. The fraction of sp³-hybridized carbons (Fsp3) is 0.800. The van der Waals surface area contributed by atoms with E-state index >= 15 is 0 Å². The van der Waals surface area contributed by atoms with Crippen molar-refractivity contribution in [2.45, 2.75) is 45.1 Å². The summed E-state index contributed by atoms with van der Waals surface area (Å²) in [6, 6.07) is 0. The van der Waals surface area contributed by atoms with Gasteiger partial charge in [-0.15, -0.1) is 0 Å². The van der Waals surface area contributed by atoms with E-state index in [-0.39, 0.29) is 5.95 Å². The zero-order chi connectivity index (χ0) is 15.6. The van der Waals surface area contributed by atoms with Crippen LogP contribution in [-0.4, -0.2) is 52.2 Å². The first-order valence-electron chi connectivity index (χ1n) is 8.23. The van der Waals surface area contributed by atoms with Crippen molar-refractivity contribution in [1.82, 2.24) is 14.5 Å². The Bertz CT molecular complexity index is 444. The Morgan fingerprint density at radius 2 is 1.73 bits per heavy atom. The number of morpholine rings is 1. The number of aryl methyl sites for hydroxylation is 1. The van der Waals surface area contributed by atoms with Gasteiger partial charge in [0.05, 0.1) is 19.8 Å². The van der Waals surface area contributed by atoms with Gasteiger partial charge in [0.1, 0.15) is 12.4 Å². The van der Waals surface area contributed by atoms with Crippen molar-refractivity contribution in [3.63, 3.8) is 0 Å². The SMILES string of the molecule is O=[N+]([O-])c1nccn1CCCCCCCCN1CCOCC1. The van der Waals surface area contributed by atoms with Gasteiger partial charge in [-0.25, -0.2) is 4.57 Å². The van der Waals surface area contributed by atoms with Gasteiger partial charge in [-0.2, -0.15) is 0 Å². The van der Waals surface area contributed by atoms with E-state index in [4.69, 9.17) is 4.74 Å². The smallest absolute Gasteiger partial charge is 0.390 e. The van der Waals surface area contributed by atoms with E-state index < -0.39 is 4.92 Å². The predicted molar refractivity (Wildman–Crippen MR) is 83.8 cm³/mol. The van der Waals surface area contributed by atoms with Crippen molar-refractivity contribution < 1.29 is 9.66 Å². The minimum Gasteiger partial charge on any atom is -0.390 e. The zero-order valence-corrected chi connectivity index (χ0v) is 13.2. The molecule has 1 saturated heterocycles. The molecule has 22 heavy (non-hydrogen) atoms. The number of aromatic nitrogens is 2. The van der Waals surface area contributed by atoms with E-state index in [2.05, 4.69) is 9.88 Å². The van der Waals surface area contributed by atoms with Crippen LogP contribution in [0.5, 0.6) is 0 Å². The molecule has 1 aliphatic rings. The number of nitrogens with zero attached hydrogens (tertiary/aromatic N) is 4. The van der Waals surface area contributed by atoms with Gasteiger partial charge >= 0.3 is 5.95 Å². The van der Waals surface area contributed by atoms with E-state index in [1.165, 1.54) is 38.4 Å². The highest BCUT2D eigenvalue weighted by Crippen LogP contribution is 2.11. The minimum absolute atomic E-state index is 0.0505. The molecule has 7 heteroatoms. The van der Waals surface area contributed by atoms with Crippen LogP contribution in [0.1, 0.15) is 38.5 Å². The van der Waals surface area contributed by atoms with Crippen LogP contribution in [0.3, 0.4) is 0 Å². The standard InChI is InChI=1S/C15H26N4O3/c20-19(21)15-16-7-10-18(15)9-6-4-2-1-3-5-8-17-11-13-22-14-12-17/h7,10H,1-6,8-9,11-14H2. The molecule has 1 aliphatic heterocycles. The number of rotatable bonds is 10. The van der Waals surface area contributed by atoms with Gasteiger partial charge in [-0.05, 0) is 24.3 Å². The van der Waals surface area contributed by atoms with Crippen LogP contribution in [0.2, 0.25) is 0 Å². The van der Waals surface area contributed by atoms with E-state index in [1.807, 2.05) is 0 Å². The van der Waals surface area contributed by atoms with Crippen molar-refractivity contribution in [3.05, 3.63) is 22.5 Å². The third-order valence-corrected chi connectivity index (χ3v) is 4.08. The molecule has 1 fully saturated rings. The molecular weight excluding hydrogens is 284 g/mol. The molecule has 1 aromatic rings. The summed E-state index contributed by atoms with van der Waals surface area (Å²) in [6.45, 7) is 5.77. The Balaban J connectivity index is 1.45. The second-order valence-corrected chi connectivity index (χ2v) is 5.75. The molecule has 0 spiro atoms. The largest absolute Gasteiger partial charge is 0.434 e. The maximum atomic E-state index is 10.7. The summed E-state index contributed by atoms with van der Waals surface area (Å²) in [5, 5.41) is 10.7. The molecule has 0 amide bonds. The van der Waals surface area contributed by atoms with E-state index in [1.54, 1.807) is 10.8 Å². The average molecular weight is 310 g/mol. The topological polar surface area (TPSA) is 73.4 Å². The molecule has 0 atom stereocenters. The van der Waals surface area contributed by atoms with Crippen LogP contribution in [0.15, 0.2) is 12.4 Å². The number of hydrogen-bond donors (Lipinski definition) is 0. The highest BCUT2D eigenvalue weighted by atomic mass is 16.6. The molecule has 0 bridgehead atoms. The Labute approximate surface area is 131 Å². The fourth-order valence-corrected chi connectivity index (χ4v) is 2.80. The molecular formula is C15H26N4O3. The third kappa shape index (κ3) is 5.73. The van der Waals surface area contributed by atoms with Crippen LogP contribution < -0.4 is 0 Å². The molecule has 0 N–H and O–H groups in total. The second-order valence-electron chi connectivity index (χ2n) is 5.75. The summed E-state index contributed by atoms with van der Waals surface area (Å²) in [5.74, 6) is -0.0505. The lowest BCUT2D eigenvalue weighted by molar-refractivity contribution is -0.396. The van der Waals surface area contributed by atoms with Gasteiger partial charge in [-0.3, -0.25) is 4.90 Å². The summed E-state index contributed by atoms with van der Waals surface area (Å²) < 4.78 is 6.96. The van der Waals surface area contributed by atoms with Crippen LogP contribution in [0.4, 0.5) is 5.95 Å². The quantitative estimate of drug-likeness (QED) is 0.377. The summed E-state index contributed by atoms with van der Waals surface area (Å²) in [7, 11) is 0. The monoisotopic (exact) mass is 310 g/mol. The lowest BCUT2D eigenvalue weighted by Crippen LogP contribution is -2.36. The lowest BCUT2D eigenvalue weighted by Gasteiger charge is -2.26. The number of ether oxygens (including phenoxy) is 1. The van der Waals surface area contributed by atoms with E-state index in [9.17, 15) is 10.1 Å². The van der Waals surface area contributed by atoms with Gasteiger partial charge < -0.3 is 14.9 Å². The fourth-order valence-electron chi connectivity index (χ4n) is 2.80. The van der Waals surface area contributed by atoms with Crippen LogP contribution >= 0.6 is 0 Å². The molecule has 0 aromatic carbocycles. The number of hydrogen-bond acceptors (Lipinski definition) is 5. The summed E-state index contributed by atoms with van der Waals surface area (Å²) in [6.07, 6.45) is 10.2. The van der Waals surface area contributed by atoms with E-state index in [0.29, 0.717) is 6.54 Å². The summed E-state index contributed by atoms with van der Waals surface area (Å²) >= 11 is 0. The predicted octanol–water partition coefficient (Wildman–Crippen LogP) is 2.46. The van der Waals surface area contributed by atoms with Crippen LogP contribution in [-0.2, 0) is 11.3 Å². The summed E-state index contributed by atoms with van der Waals surface area (Å²) in [5.41, 5.74) is 0. The first kappa shape index (κ1) is 16.9. The average Bonchev–Trinajstić information content (AvgIpc) is 2.99. The maximum Gasteiger partial charge on any atom is 0.434 e. The molecule has 7 nitrogen and oxygen atoms in total. The van der Waals surface area contributed by atoms with Crippen molar-refractivity contribution in [3.8, 4) is 0 Å². The van der Waals surface area contributed by atoms with Crippen molar-refractivity contribution in [1.29, 1.82) is 0 Å². The number of imidazole rings is 1. The van der Waals surface area contributed by atoms with Gasteiger partial charge in [0, 0.05) is 13.1 Å². The molecule has 2 rings (SSSR count). The first-order valence-corrected chi connectivity index (χ1v) is 8.23. The van der Waals surface area contributed by atoms with Crippen LogP contribution in [0, 0.1) is 10.1 Å². The molecule has 0 unspecified atom stereocenters. The molecule has 0 saturated carbocycles. The second kappa shape index (κ2) is 9.53. The van der Waals surface area contributed by atoms with Gasteiger partial charge in [0.25, 0.3) is 0 Å². The minimum atomic E-state index is -0.425. The van der Waals surface area contributed by atoms with Crippen LogP contribution in [0.25, 0.3) is 0 Å². The molecule has 2 heterocycles. The molecule has 0 radical (unpaired) electrons. The molecule has 0 aliphatic carbocycles. The zero-order valence-electron chi connectivity index (χ0n) is 13.2. The molecule has 124 valence electrons. The third-order valence-electron chi connectivity index (χ3n) is 4.08. The Kier molecular flexibility index (Phi) is 7.32. The van der Waals surface area contributed by atoms with E-state index in [0.717, 1.165) is 39.1 Å². The van der Waals surface area contributed by atoms with Gasteiger partial charge in [0.2, 0.25) is 0 Å². The first-order chi connectivity index (χ1) is 10.8. The lowest BCUT2D eigenvalue weighted by atomic mass is 10.1. The Hall–Kier alpha value is -1.47. The molecule has 1 aromatic heterocycles. The van der Waals surface area contributed by atoms with Crippen molar-refractivity contribution >= 4 is 5.95 Å². The van der Waals surface area contributed by atoms with Gasteiger partial charge in [-0.1, -0.05) is 30.7 Å². The van der Waals surface area contributed by atoms with Gasteiger partial charge in [0.15, 0.2) is 0 Å². The Morgan fingerprint density at radius 3 is 2.41 bits per heavy atom. The maximum absolute atomic E-state index is 10.7. The highest BCUT2D eigenvalue weighted by molar-refractivity contribution is 5.06. The Morgan fingerprint density at radius 1 is 1.09 bits per heavy atom. The normalized spacial score (nSPS) is 16.0. The van der Waals surface area contributed by atoms with Crippen molar-refractivity contribution in [2.75, 3.05) is 32.8 Å². The number of nitro groups is 1. The van der Waals surface area contributed by atoms with Crippen molar-refractivity contribution in [2.24, 2.45) is 0 Å². The summed E-state index contributed by atoms with van der Waals surface area (Å²) in [4.78, 5) is 16.5. The highest BCUT2D eigenvalue weighted by Gasteiger charge is 2.13.